The third kappa shape index (κ3) is 3.76. The highest BCUT2D eigenvalue weighted by Crippen LogP contribution is 2.21. The van der Waals surface area contributed by atoms with Crippen LogP contribution in [0, 0.1) is 6.92 Å². The maximum absolute atomic E-state index is 12.5. The van der Waals surface area contributed by atoms with Gasteiger partial charge in [-0.1, -0.05) is 13.8 Å². The number of carbonyl (C=O) groups excluding carboxylic acids is 1. The van der Waals surface area contributed by atoms with E-state index in [0.717, 1.165) is 16.5 Å². The highest BCUT2D eigenvalue weighted by atomic mass is 32.1. The molecule has 0 spiro atoms. The summed E-state index contributed by atoms with van der Waals surface area (Å²) in [5.74, 6) is 1.79. The molecule has 0 bridgehead atoms. The Balaban J connectivity index is 1.64. The SMILES string of the molecule is Cc1nc(CC(=O)N2CCO[C@H](c3nc(C(C)C)n[nH]3)C2)cs1. The lowest BCUT2D eigenvalue weighted by atomic mass is 10.2. The van der Waals surface area contributed by atoms with Gasteiger partial charge in [0.05, 0.1) is 30.3 Å². The van der Waals surface area contributed by atoms with Gasteiger partial charge in [0, 0.05) is 17.8 Å². The molecule has 2 aromatic heterocycles. The van der Waals surface area contributed by atoms with Crippen molar-refractivity contribution < 1.29 is 9.53 Å². The Morgan fingerprint density at radius 2 is 2.35 bits per heavy atom. The number of H-pyrrole nitrogens is 1. The molecule has 0 aromatic carbocycles. The highest BCUT2D eigenvalue weighted by Gasteiger charge is 2.28. The molecule has 1 amide bonds. The van der Waals surface area contributed by atoms with Crippen LogP contribution in [0.5, 0.6) is 0 Å². The zero-order chi connectivity index (χ0) is 16.4. The van der Waals surface area contributed by atoms with Crippen LogP contribution in [-0.2, 0) is 16.0 Å². The molecule has 1 aliphatic heterocycles. The Labute approximate surface area is 139 Å². The molecule has 8 heteroatoms. The van der Waals surface area contributed by atoms with Gasteiger partial charge >= 0.3 is 0 Å². The fourth-order valence-electron chi connectivity index (χ4n) is 2.49. The predicted octanol–water partition coefficient (Wildman–Crippen LogP) is 1.84. The van der Waals surface area contributed by atoms with Crippen molar-refractivity contribution in [3.05, 3.63) is 27.7 Å². The third-order valence-electron chi connectivity index (χ3n) is 3.76. The molecular formula is C15H21N5O2S. The number of hydrogen-bond acceptors (Lipinski definition) is 6. The van der Waals surface area contributed by atoms with Crippen LogP contribution in [0.15, 0.2) is 5.38 Å². The maximum atomic E-state index is 12.5. The number of nitrogens with one attached hydrogen (secondary N) is 1. The molecular weight excluding hydrogens is 314 g/mol. The van der Waals surface area contributed by atoms with E-state index in [0.29, 0.717) is 31.9 Å². The van der Waals surface area contributed by atoms with Gasteiger partial charge in [0.1, 0.15) is 6.10 Å². The fourth-order valence-corrected chi connectivity index (χ4v) is 3.10. The first kappa shape index (κ1) is 16.1. The van der Waals surface area contributed by atoms with Crippen LogP contribution in [0.3, 0.4) is 0 Å². The molecule has 0 saturated carbocycles. The number of hydrogen-bond donors (Lipinski definition) is 1. The number of aryl methyl sites for hydroxylation is 1. The second-order valence-corrected chi connectivity index (χ2v) is 7.03. The van der Waals surface area contributed by atoms with Crippen LogP contribution >= 0.6 is 11.3 Å². The first-order valence-corrected chi connectivity index (χ1v) is 8.63. The van der Waals surface area contributed by atoms with E-state index in [4.69, 9.17) is 4.74 Å². The van der Waals surface area contributed by atoms with Crippen molar-refractivity contribution in [2.45, 2.75) is 39.2 Å². The van der Waals surface area contributed by atoms with E-state index >= 15 is 0 Å². The van der Waals surface area contributed by atoms with Gasteiger partial charge in [-0.05, 0) is 6.92 Å². The molecule has 1 atom stereocenters. The Morgan fingerprint density at radius 3 is 3.00 bits per heavy atom. The van der Waals surface area contributed by atoms with Crippen molar-refractivity contribution in [1.82, 2.24) is 25.1 Å². The van der Waals surface area contributed by atoms with E-state index < -0.39 is 0 Å². The number of thiazole rings is 1. The van der Waals surface area contributed by atoms with Gasteiger partial charge in [0.25, 0.3) is 0 Å². The second-order valence-electron chi connectivity index (χ2n) is 5.97. The van der Waals surface area contributed by atoms with Gasteiger partial charge < -0.3 is 9.64 Å². The number of rotatable bonds is 4. The summed E-state index contributed by atoms with van der Waals surface area (Å²) in [4.78, 5) is 23.1. The number of aromatic nitrogens is 4. The highest BCUT2D eigenvalue weighted by molar-refractivity contribution is 7.09. The third-order valence-corrected chi connectivity index (χ3v) is 4.58. The van der Waals surface area contributed by atoms with Crippen molar-refractivity contribution in [2.75, 3.05) is 19.7 Å². The second kappa shape index (κ2) is 6.76. The molecule has 0 radical (unpaired) electrons. The largest absolute Gasteiger partial charge is 0.367 e. The average molecular weight is 335 g/mol. The topological polar surface area (TPSA) is 84.0 Å². The summed E-state index contributed by atoms with van der Waals surface area (Å²) in [7, 11) is 0. The number of morpholine rings is 1. The van der Waals surface area contributed by atoms with Crippen molar-refractivity contribution in [3.8, 4) is 0 Å². The number of ether oxygens (including phenoxy) is 1. The summed E-state index contributed by atoms with van der Waals surface area (Å²) in [6.45, 7) is 7.63. The maximum Gasteiger partial charge on any atom is 0.228 e. The Kier molecular flexibility index (Phi) is 4.72. The van der Waals surface area contributed by atoms with Crippen LogP contribution in [0.1, 0.15) is 48.2 Å². The van der Waals surface area contributed by atoms with Crippen LogP contribution in [0.4, 0.5) is 0 Å². The molecule has 0 unspecified atom stereocenters. The number of aromatic amines is 1. The summed E-state index contributed by atoms with van der Waals surface area (Å²) in [5, 5.41) is 10.1. The van der Waals surface area contributed by atoms with Crippen LogP contribution < -0.4 is 0 Å². The van der Waals surface area contributed by atoms with E-state index in [9.17, 15) is 4.79 Å². The molecule has 0 aliphatic carbocycles. The standard InChI is InChI=1S/C15H21N5O2S/c1-9(2)14-17-15(19-18-14)12-7-20(4-5-22-12)13(21)6-11-8-23-10(3)16-11/h8-9,12H,4-7H2,1-3H3,(H,17,18,19)/t12-/m0/s1. The summed E-state index contributed by atoms with van der Waals surface area (Å²) in [5.41, 5.74) is 0.835. The predicted molar refractivity (Wildman–Crippen MR) is 86.3 cm³/mol. The summed E-state index contributed by atoms with van der Waals surface area (Å²) < 4.78 is 5.75. The van der Waals surface area contributed by atoms with Gasteiger partial charge in [-0.3, -0.25) is 9.89 Å². The van der Waals surface area contributed by atoms with Crippen molar-refractivity contribution in [2.24, 2.45) is 0 Å². The molecule has 1 N–H and O–H groups in total. The minimum atomic E-state index is -0.245. The summed E-state index contributed by atoms with van der Waals surface area (Å²) in [6, 6.07) is 0. The van der Waals surface area contributed by atoms with Crippen molar-refractivity contribution >= 4 is 17.2 Å². The minimum Gasteiger partial charge on any atom is -0.367 e. The molecule has 23 heavy (non-hydrogen) atoms. The van der Waals surface area contributed by atoms with E-state index in [1.54, 1.807) is 11.3 Å². The average Bonchev–Trinajstić information content (AvgIpc) is 3.17. The fraction of sp³-hybridized carbons (Fsp3) is 0.600. The van der Waals surface area contributed by atoms with E-state index in [-0.39, 0.29) is 17.9 Å². The molecule has 3 heterocycles. The summed E-state index contributed by atoms with van der Waals surface area (Å²) in [6.07, 6.45) is 0.0925. The van der Waals surface area contributed by atoms with Gasteiger partial charge in [-0.25, -0.2) is 9.97 Å². The van der Waals surface area contributed by atoms with E-state index in [1.807, 2.05) is 31.1 Å². The quantitative estimate of drug-likeness (QED) is 0.921. The first-order valence-electron chi connectivity index (χ1n) is 7.75. The number of carbonyl (C=O) groups is 1. The Morgan fingerprint density at radius 1 is 1.52 bits per heavy atom. The van der Waals surface area contributed by atoms with Gasteiger partial charge in [-0.2, -0.15) is 5.10 Å². The summed E-state index contributed by atoms with van der Waals surface area (Å²) >= 11 is 1.57. The van der Waals surface area contributed by atoms with Crippen molar-refractivity contribution in [3.63, 3.8) is 0 Å². The smallest absolute Gasteiger partial charge is 0.228 e. The van der Waals surface area contributed by atoms with Crippen molar-refractivity contribution in [1.29, 1.82) is 0 Å². The van der Waals surface area contributed by atoms with Crippen LogP contribution in [0.2, 0.25) is 0 Å². The number of nitrogens with zero attached hydrogens (tertiary/aromatic N) is 4. The molecule has 1 fully saturated rings. The zero-order valence-corrected chi connectivity index (χ0v) is 14.4. The molecule has 3 rings (SSSR count). The van der Waals surface area contributed by atoms with Crippen LogP contribution in [-0.4, -0.2) is 50.7 Å². The normalized spacial score (nSPS) is 18.6. The lowest BCUT2D eigenvalue weighted by molar-refractivity contribution is -0.138. The molecule has 2 aromatic rings. The van der Waals surface area contributed by atoms with Crippen LogP contribution in [0.25, 0.3) is 0 Å². The first-order chi connectivity index (χ1) is 11.0. The lowest BCUT2D eigenvalue weighted by Gasteiger charge is -2.31. The molecule has 124 valence electrons. The minimum absolute atomic E-state index is 0.0761. The Bertz CT molecular complexity index is 681. The van der Waals surface area contributed by atoms with E-state index in [2.05, 4.69) is 20.2 Å². The molecule has 1 aliphatic rings. The van der Waals surface area contributed by atoms with Gasteiger partial charge in [0.15, 0.2) is 11.6 Å². The monoisotopic (exact) mass is 335 g/mol. The van der Waals surface area contributed by atoms with Gasteiger partial charge in [-0.15, -0.1) is 11.3 Å². The molecule has 7 nitrogen and oxygen atoms in total. The zero-order valence-electron chi connectivity index (χ0n) is 13.6. The number of amides is 1. The molecule has 1 saturated heterocycles. The Hall–Kier alpha value is -1.80. The van der Waals surface area contributed by atoms with Gasteiger partial charge in [0.2, 0.25) is 5.91 Å². The van der Waals surface area contributed by atoms with E-state index in [1.165, 1.54) is 0 Å². The lowest BCUT2D eigenvalue weighted by Crippen LogP contribution is -2.43.